The van der Waals surface area contributed by atoms with Crippen LogP contribution >= 0.6 is 22.9 Å². The molecule has 0 aliphatic carbocycles. The van der Waals surface area contributed by atoms with Crippen LogP contribution in [0, 0.1) is 0 Å². The number of hydrogen-bond acceptors (Lipinski definition) is 4. The van der Waals surface area contributed by atoms with E-state index in [1.54, 1.807) is 0 Å². The highest BCUT2D eigenvalue weighted by atomic mass is 35.5. The zero-order valence-corrected chi connectivity index (χ0v) is 11.6. The van der Waals surface area contributed by atoms with Gasteiger partial charge in [0.2, 0.25) is 0 Å². The van der Waals surface area contributed by atoms with Crippen LogP contribution in [0.15, 0.2) is 12.5 Å². The van der Waals surface area contributed by atoms with E-state index in [1.165, 1.54) is 6.33 Å². The summed E-state index contributed by atoms with van der Waals surface area (Å²) < 4.78 is 37.6. The predicted molar refractivity (Wildman–Crippen MR) is 67.2 cm³/mol. The molecule has 0 saturated heterocycles. The fourth-order valence-electron chi connectivity index (χ4n) is 1.60. The van der Waals surface area contributed by atoms with Crippen LogP contribution in [-0.4, -0.2) is 15.0 Å². The van der Waals surface area contributed by atoms with Crippen molar-refractivity contribution >= 4 is 22.9 Å². The summed E-state index contributed by atoms with van der Waals surface area (Å²) in [6.07, 6.45) is -2.05. The van der Waals surface area contributed by atoms with Gasteiger partial charge in [-0.3, -0.25) is 0 Å². The number of nitrogens with zero attached hydrogens (tertiary/aromatic N) is 3. The first-order chi connectivity index (χ1) is 8.80. The average molecular weight is 308 g/mol. The van der Waals surface area contributed by atoms with Crippen LogP contribution in [0.3, 0.4) is 0 Å². The smallest absolute Gasteiger partial charge is 0.240 e. The largest absolute Gasteiger partial charge is 0.443 e. The zero-order chi connectivity index (χ0) is 14.2. The molecule has 2 aromatic rings. The minimum Gasteiger partial charge on any atom is -0.240 e. The lowest BCUT2D eigenvalue weighted by Crippen LogP contribution is -2.02. The van der Waals surface area contributed by atoms with Crippen molar-refractivity contribution < 1.29 is 13.2 Å². The maximum absolute atomic E-state index is 12.5. The molecule has 102 valence electrons. The Bertz CT molecular complexity index is 595. The van der Waals surface area contributed by atoms with Crippen molar-refractivity contribution in [1.82, 2.24) is 15.0 Å². The highest BCUT2D eigenvalue weighted by molar-refractivity contribution is 7.15. The lowest BCUT2D eigenvalue weighted by atomic mass is 10.0. The number of hydrogen-bond donors (Lipinski definition) is 0. The minimum absolute atomic E-state index is 0.000127. The number of halogens is 4. The maximum atomic E-state index is 12.5. The quantitative estimate of drug-likeness (QED) is 0.772. The number of thiazole rings is 1. The van der Waals surface area contributed by atoms with Gasteiger partial charge in [0.05, 0.1) is 10.6 Å². The molecule has 0 aromatic carbocycles. The summed E-state index contributed by atoms with van der Waals surface area (Å²) in [5.41, 5.74) is 1.03. The summed E-state index contributed by atoms with van der Waals surface area (Å²) in [6, 6.07) is 0. The van der Waals surface area contributed by atoms with E-state index in [-0.39, 0.29) is 11.1 Å². The van der Waals surface area contributed by atoms with Crippen molar-refractivity contribution in [2.24, 2.45) is 0 Å². The molecule has 0 bridgehead atoms. The zero-order valence-electron chi connectivity index (χ0n) is 9.99. The number of alkyl halides is 3. The maximum Gasteiger partial charge on any atom is 0.443 e. The Morgan fingerprint density at radius 2 is 1.89 bits per heavy atom. The van der Waals surface area contributed by atoms with Gasteiger partial charge < -0.3 is 0 Å². The van der Waals surface area contributed by atoms with E-state index in [1.807, 2.05) is 13.8 Å². The minimum atomic E-state index is -4.45. The van der Waals surface area contributed by atoms with E-state index in [4.69, 9.17) is 11.6 Å². The molecular formula is C11H9ClF3N3S. The number of rotatable bonds is 2. The van der Waals surface area contributed by atoms with Crippen LogP contribution in [0.25, 0.3) is 10.6 Å². The molecule has 0 N–H and O–H groups in total. The normalized spacial score (nSPS) is 12.2. The van der Waals surface area contributed by atoms with Crippen LogP contribution in [0.5, 0.6) is 0 Å². The van der Waals surface area contributed by atoms with Crippen LogP contribution in [0.2, 0.25) is 5.15 Å². The molecule has 0 aliphatic heterocycles. The SMILES string of the molecule is CC(C)c1c(Cl)ncnc1-c1cnc(C(F)(F)F)s1. The van der Waals surface area contributed by atoms with Crippen LogP contribution in [0.1, 0.15) is 30.3 Å². The molecule has 19 heavy (non-hydrogen) atoms. The molecule has 3 nitrogen and oxygen atoms in total. The van der Waals surface area contributed by atoms with Gasteiger partial charge in [0.1, 0.15) is 11.5 Å². The van der Waals surface area contributed by atoms with Crippen molar-refractivity contribution in [3.8, 4) is 10.6 Å². The average Bonchev–Trinajstić information content (AvgIpc) is 2.76. The Morgan fingerprint density at radius 3 is 2.42 bits per heavy atom. The van der Waals surface area contributed by atoms with E-state index in [9.17, 15) is 13.2 Å². The third kappa shape index (κ3) is 2.87. The molecule has 0 amide bonds. The standard InChI is InChI=1S/C11H9ClF3N3S/c1-5(2)7-8(17-4-18-9(7)12)6-3-16-10(19-6)11(13,14)15/h3-5H,1-2H3. The first-order valence-electron chi connectivity index (χ1n) is 5.34. The molecule has 0 unspecified atom stereocenters. The third-order valence-corrected chi connectivity index (χ3v) is 3.74. The molecule has 0 fully saturated rings. The van der Waals surface area contributed by atoms with Gasteiger partial charge in [-0.05, 0) is 5.92 Å². The van der Waals surface area contributed by atoms with Gasteiger partial charge in [0.25, 0.3) is 0 Å². The first-order valence-corrected chi connectivity index (χ1v) is 6.54. The fourth-order valence-corrected chi connectivity index (χ4v) is 2.74. The van der Waals surface area contributed by atoms with Gasteiger partial charge in [0.15, 0.2) is 5.01 Å². The third-order valence-electron chi connectivity index (χ3n) is 2.39. The monoisotopic (exact) mass is 307 g/mol. The van der Waals surface area contributed by atoms with Crippen LogP contribution in [0.4, 0.5) is 13.2 Å². The van der Waals surface area contributed by atoms with Crippen molar-refractivity contribution in [3.05, 3.63) is 28.2 Å². The summed E-state index contributed by atoms with van der Waals surface area (Å²) in [6.45, 7) is 3.75. The van der Waals surface area contributed by atoms with E-state index >= 15 is 0 Å². The van der Waals surface area contributed by atoms with Crippen molar-refractivity contribution in [2.75, 3.05) is 0 Å². The Hall–Kier alpha value is -1.21. The van der Waals surface area contributed by atoms with Gasteiger partial charge in [-0.25, -0.2) is 15.0 Å². The van der Waals surface area contributed by atoms with Gasteiger partial charge in [-0.2, -0.15) is 13.2 Å². The van der Waals surface area contributed by atoms with Crippen LogP contribution < -0.4 is 0 Å². The van der Waals surface area contributed by atoms with E-state index in [2.05, 4.69) is 15.0 Å². The van der Waals surface area contributed by atoms with Crippen molar-refractivity contribution in [1.29, 1.82) is 0 Å². The van der Waals surface area contributed by atoms with Crippen LogP contribution in [-0.2, 0) is 6.18 Å². The summed E-state index contributed by atoms with van der Waals surface area (Å²) in [5.74, 6) is 0.000127. The second kappa shape index (κ2) is 5.05. The molecule has 0 radical (unpaired) electrons. The molecule has 2 heterocycles. The number of aromatic nitrogens is 3. The summed E-state index contributed by atoms with van der Waals surface area (Å²) in [4.78, 5) is 11.6. The summed E-state index contributed by atoms with van der Waals surface area (Å²) in [5, 5.41) is -0.645. The van der Waals surface area contributed by atoms with E-state index in [0.29, 0.717) is 27.5 Å². The highest BCUT2D eigenvalue weighted by Gasteiger charge is 2.35. The Balaban J connectivity index is 2.54. The molecule has 2 aromatic heterocycles. The van der Waals surface area contributed by atoms with Crippen molar-refractivity contribution in [3.63, 3.8) is 0 Å². The Kier molecular flexibility index (Phi) is 3.78. The first kappa shape index (κ1) is 14.2. The van der Waals surface area contributed by atoms with Crippen molar-refractivity contribution in [2.45, 2.75) is 25.9 Å². The van der Waals surface area contributed by atoms with Gasteiger partial charge >= 0.3 is 6.18 Å². The molecule has 0 atom stereocenters. The molecule has 8 heteroatoms. The molecule has 0 aliphatic rings. The predicted octanol–water partition coefficient (Wildman–Crippen LogP) is 4.40. The lowest BCUT2D eigenvalue weighted by Gasteiger charge is -2.10. The second-order valence-electron chi connectivity index (χ2n) is 4.11. The molecule has 2 rings (SSSR count). The molecule has 0 saturated carbocycles. The van der Waals surface area contributed by atoms with Gasteiger partial charge in [-0.15, -0.1) is 11.3 Å². The Morgan fingerprint density at radius 1 is 1.21 bits per heavy atom. The topological polar surface area (TPSA) is 38.7 Å². The van der Waals surface area contributed by atoms with Gasteiger partial charge in [-0.1, -0.05) is 25.4 Å². The summed E-state index contributed by atoms with van der Waals surface area (Å²) >= 11 is 6.53. The molecule has 0 spiro atoms. The Labute approximate surface area is 116 Å². The van der Waals surface area contributed by atoms with Gasteiger partial charge in [0, 0.05) is 11.8 Å². The highest BCUT2D eigenvalue weighted by Crippen LogP contribution is 2.39. The lowest BCUT2D eigenvalue weighted by molar-refractivity contribution is -0.137. The molecular weight excluding hydrogens is 299 g/mol. The van der Waals surface area contributed by atoms with E-state index < -0.39 is 11.2 Å². The second-order valence-corrected chi connectivity index (χ2v) is 5.50. The summed E-state index contributed by atoms with van der Waals surface area (Å²) in [7, 11) is 0. The van der Waals surface area contributed by atoms with E-state index in [0.717, 1.165) is 6.20 Å². The fraction of sp³-hybridized carbons (Fsp3) is 0.364.